The van der Waals surface area contributed by atoms with Gasteiger partial charge in [0.25, 0.3) is 5.91 Å². The molecule has 3 aromatic heterocycles. The number of rotatable bonds is 6. The molecule has 6 nitrogen and oxygen atoms in total. The normalized spacial score (nSPS) is 11.5. The second kappa shape index (κ2) is 9.75. The van der Waals surface area contributed by atoms with Crippen molar-refractivity contribution in [2.24, 2.45) is 0 Å². The molecule has 0 spiro atoms. The summed E-state index contributed by atoms with van der Waals surface area (Å²) in [6, 6.07) is 33.3. The van der Waals surface area contributed by atoms with Gasteiger partial charge in [0.2, 0.25) is 5.56 Å². The van der Waals surface area contributed by atoms with Crippen molar-refractivity contribution in [3.8, 4) is 0 Å². The van der Waals surface area contributed by atoms with Gasteiger partial charge >= 0.3 is 0 Å². The lowest BCUT2D eigenvalue weighted by atomic mass is 9.85. The van der Waals surface area contributed by atoms with E-state index in [1.54, 1.807) is 6.07 Å². The van der Waals surface area contributed by atoms with Crippen molar-refractivity contribution in [1.29, 1.82) is 0 Å². The van der Waals surface area contributed by atoms with Crippen LogP contribution in [0.4, 0.5) is 5.69 Å². The highest BCUT2D eigenvalue weighted by Crippen LogP contribution is 2.38. The highest BCUT2D eigenvalue weighted by molar-refractivity contribution is 6.12. The average Bonchev–Trinajstić information content (AvgIpc) is 3.61. The average molecular weight is 523 g/mol. The third-order valence-electron chi connectivity index (χ3n) is 7.68. The molecular formula is C34H26N4O2. The molecule has 1 amide bonds. The second-order valence-electron chi connectivity index (χ2n) is 10.0. The zero-order valence-corrected chi connectivity index (χ0v) is 21.6. The Hall–Kier alpha value is -5.36. The van der Waals surface area contributed by atoms with Gasteiger partial charge in [0.1, 0.15) is 0 Å². The first kappa shape index (κ1) is 23.7. The summed E-state index contributed by atoms with van der Waals surface area (Å²) in [5.74, 6) is -0.295. The minimum atomic E-state index is -0.314. The van der Waals surface area contributed by atoms with E-state index in [2.05, 4.69) is 75.1 Å². The van der Waals surface area contributed by atoms with Crippen molar-refractivity contribution >= 4 is 44.3 Å². The zero-order chi connectivity index (χ0) is 27.1. The molecule has 0 bridgehead atoms. The number of para-hydroxylation sites is 4. The number of hydrogen-bond donors (Lipinski definition) is 4. The Morgan fingerprint density at radius 2 is 1.23 bits per heavy atom. The number of nitrogens with one attached hydrogen (secondary N) is 4. The molecular weight excluding hydrogens is 496 g/mol. The molecule has 0 atom stereocenters. The van der Waals surface area contributed by atoms with Gasteiger partial charge in [-0.15, -0.1) is 0 Å². The van der Waals surface area contributed by atoms with Crippen molar-refractivity contribution in [2.45, 2.75) is 12.3 Å². The van der Waals surface area contributed by atoms with Gasteiger partial charge in [-0.25, -0.2) is 0 Å². The Bertz CT molecular complexity index is 2010. The quantitative estimate of drug-likeness (QED) is 0.187. The molecule has 0 radical (unpaired) electrons. The van der Waals surface area contributed by atoms with E-state index in [9.17, 15) is 9.59 Å². The summed E-state index contributed by atoms with van der Waals surface area (Å²) < 4.78 is 0. The number of carbonyl (C=O) groups excluding carboxylic acids is 1. The Kier molecular flexibility index (Phi) is 5.78. The number of fused-ring (bicyclic) bond motifs is 3. The van der Waals surface area contributed by atoms with Gasteiger partial charge in [0, 0.05) is 62.8 Å². The number of amides is 1. The summed E-state index contributed by atoms with van der Waals surface area (Å²) in [4.78, 5) is 35.6. The summed E-state index contributed by atoms with van der Waals surface area (Å²) in [6.45, 7) is 0. The van der Waals surface area contributed by atoms with Gasteiger partial charge in [0.15, 0.2) is 0 Å². The summed E-state index contributed by atoms with van der Waals surface area (Å²) in [5, 5.41) is 6.16. The van der Waals surface area contributed by atoms with Crippen LogP contribution in [0.2, 0.25) is 0 Å². The van der Waals surface area contributed by atoms with Crippen LogP contribution in [-0.2, 0) is 6.42 Å². The van der Waals surface area contributed by atoms with E-state index in [4.69, 9.17) is 0 Å². The van der Waals surface area contributed by atoms with Crippen LogP contribution >= 0.6 is 0 Å². The lowest BCUT2D eigenvalue weighted by molar-refractivity contribution is 0.102. The molecule has 40 heavy (non-hydrogen) atoms. The fraction of sp³-hybridized carbons (Fsp3) is 0.0588. The third kappa shape index (κ3) is 4.16. The van der Waals surface area contributed by atoms with Crippen molar-refractivity contribution < 1.29 is 4.79 Å². The number of aromatic amines is 3. The molecule has 7 rings (SSSR count). The number of carbonyl (C=O) groups is 1. The Labute approximate surface area is 229 Å². The fourth-order valence-corrected chi connectivity index (χ4v) is 5.77. The van der Waals surface area contributed by atoms with Crippen LogP contribution in [0, 0.1) is 0 Å². The number of hydrogen-bond acceptors (Lipinski definition) is 2. The van der Waals surface area contributed by atoms with Crippen LogP contribution < -0.4 is 10.9 Å². The number of aromatic nitrogens is 3. The van der Waals surface area contributed by atoms with E-state index in [0.29, 0.717) is 22.9 Å². The molecule has 194 valence electrons. The number of pyridine rings is 1. The van der Waals surface area contributed by atoms with Crippen molar-refractivity contribution in [1.82, 2.24) is 15.0 Å². The molecule has 0 aliphatic heterocycles. The molecule has 0 saturated heterocycles. The van der Waals surface area contributed by atoms with E-state index >= 15 is 0 Å². The predicted molar refractivity (Wildman–Crippen MR) is 161 cm³/mol. The van der Waals surface area contributed by atoms with Gasteiger partial charge < -0.3 is 20.3 Å². The fourth-order valence-electron chi connectivity index (χ4n) is 5.77. The molecule has 0 aliphatic carbocycles. The van der Waals surface area contributed by atoms with Crippen LogP contribution in [0.5, 0.6) is 0 Å². The van der Waals surface area contributed by atoms with Crippen molar-refractivity contribution in [3.63, 3.8) is 0 Å². The summed E-state index contributed by atoms with van der Waals surface area (Å²) >= 11 is 0. The summed E-state index contributed by atoms with van der Waals surface area (Å²) in [6.07, 6.45) is 4.86. The second-order valence-corrected chi connectivity index (χ2v) is 10.0. The van der Waals surface area contributed by atoms with Crippen molar-refractivity contribution in [2.75, 3.05) is 5.32 Å². The first-order chi connectivity index (χ1) is 19.7. The molecule has 0 saturated carbocycles. The summed E-state index contributed by atoms with van der Waals surface area (Å²) in [7, 11) is 0. The Morgan fingerprint density at radius 1 is 0.675 bits per heavy atom. The van der Waals surface area contributed by atoms with E-state index < -0.39 is 0 Å². The van der Waals surface area contributed by atoms with Gasteiger partial charge in [-0.1, -0.05) is 72.8 Å². The van der Waals surface area contributed by atoms with E-state index in [-0.39, 0.29) is 17.4 Å². The van der Waals surface area contributed by atoms with Gasteiger partial charge in [0.05, 0.1) is 5.56 Å². The van der Waals surface area contributed by atoms with Crippen LogP contribution in [0.1, 0.15) is 33.0 Å². The minimum absolute atomic E-state index is 0.0192. The van der Waals surface area contributed by atoms with Gasteiger partial charge in [-0.05, 0) is 47.4 Å². The van der Waals surface area contributed by atoms with E-state index in [1.165, 1.54) is 28.0 Å². The maximum Gasteiger partial charge on any atom is 0.256 e. The van der Waals surface area contributed by atoms with Gasteiger partial charge in [-0.2, -0.15) is 0 Å². The van der Waals surface area contributed by atoms with Crippen LogP contribution in [0.25, 0.3) is 32.7 Å². The molecule has 4 aromatic carbocycles. The highest BCUT2D eigenvalue weighted by atomic mass is 16.2. The monoisotopic (exact) mass is 522 g/mol. The maximum absolute atomic E-state index is 13.6. The van der Waals surface area contributed by atoms with E-state index in [0.717, 1.165) is 22.3 Å². The predicted octanol–water partition coefficient (Wildman–Crippen LogP) is 7.12. The molecule has 6 heteroatoms. The first-order valence-electron chi connectivity index (χ1n) is 13.3. The first-order valence-corrected chi connectivity index (χ1v) is 13.3. The summed E-state index contributed by atoms with van der Waals surface area (Å²) in [5.41, 5.74) is 6.97. The number of anilines is 1. The lowest BCUT2D eigenvalue weighted by Crippen LogP contribution is -2.18. The van der Waals surface area contributed by atoms with Crippen LogP contribution in [0.15, 0.2) is 120 Å². The largest absolute Gasteiger partial charge is 0.361 e. The molecule has 4 N–H and O–H groups in total. The SMILES string of the molecule is O=C(Nc1ccccc1CC(c1c[nH]c2ccccc12)c1c[nH]c2ccccc12)c1cc(=O)[nH]c2ccccc12. The third-order valence-corrected chi connectivity index (χ3v) is 7.68. The Morgan fingerprint density at radius 3 is 1.90 bits per heavy atom. The lowest BCUT2D eigenvalue weighted by Gasteiger charge is -2.19. The minimum Gasteiger partial charge on any atom is -0.361 e. The van der Waals surface area contributed by atoms with Crippen LogP contribution in [-0.4, -0.2) is 20.9 Å². The molecule has 0 fully saturated rings. The standard InChI is InChI=1S/C34H26N4O2/c39-33-18-26(22-10-4-8-16-32(22)37-33)34(40)38-29-13-5-1-9-21(29)17-25(27-19-35-30-14-6-2-11-23(27)30)28-20-36-31-15-7-3-12-24(28)31/h1-16,18-20,25,35-36H,17H2,(H,37,39)(H,38,40). The van der Waals surface area contributed by atoms with E-state index in [1.807, 2.05) is 48.5 Å². The van der Waals surface area contributed by atoms with Crippen molar-refractivity contribution in [3.05, 3.63) is 148 Å². The molecule has 3 heterocycles. The number of benzene rings is 4. The molecule has 7 aromatic rings. The highest BCUT2D eigenvalue weighted by Gasteiger charge is 2.23. The Balaban J connectivity index is 1.31. The zero-order valence-electron chi connectivity index (χ0n) is 21.6. The van der Waals surface area contributed by atoms with Gasteiger partial charge in [-0.3, -0.25) is 9.59 Å². The smallest absolute Gasteiger partial charge is 0.256 e. The topological polar surface area (TPSA) is 93.5 Å². The maximum atomic E-state index is 13.6. The molecule has 0 unspecified atom stereocenters. The number of H-pyrrole nitrogens is 3. The molecule has 0 aliphatic rings. The van der Waals surface area contributed by atoms with Crippen LogP contribution in [0.3, 0.4) is 0 Å².